The first-order chi connectivity index (χ1) is 11.7. The van der Waals surface area contributed by atoms with Crippen molar-refractivity contribution in [3.05, 3.63) is 41.4 Å². The van der Waals surface area contributed by atoms with Gasteiger partial charge < -0.3 is 14.2 Å². The Bertz CT molecular complexity index is 686. The Morgan fingerprint density at radius 2 is 2.17 bits per heavy atom. The Morgan fingerprint density at radius 1 is 1.38 bits per heavy atom. The zero-order valence-electron chi connectivity index (χ0n) is 13.7. The molecule has 24 heavy (non-hydrogen) atoms. The van der Waals surface area contributed by atoms with E-state index >= 15 is 0 Å². The monoisotopic (exact) mass is 348 g/mol. The van der Waals surface area contributed by atoms with E-state index < -0.39 is 0 Å². The second kappa shape index (κ2) is 7.66. The molecule has 0 saturated carbocycles. The molecule has 1 amide bonds. The minimum absolute atomic E-state index is 0.00258. The molecular weight excluding hydrogens is 328 g/mol. The second-order valence-electron chi connectivity index (χ2n) is 5.90. The average Bonchev–Trinajstić information content (AvgIpc) is 3.10. The molecule has 1 aliphatic heterocycles. The van der Waals surface area contributed by atoms with Crippen molar-refractivity contribution in [2.24, 2.45) is 0 Å². The summed E-state index contributed by atoms with van der Waals surface area (Å²) in [6.45, 7) is 4.38. The van der Waals surface area contributed by atoms with Crippen LogP contribution >= 0.6 is 11.6 Å². The first-order valence-corrected chi connectivity index (χ1v) is 8.59. The van der Waals surface area contributed by atoms with Crippen LogP contribution in [0.5, 0.6) is 5.75 Å². The number of aryl methyl sites for hydroxylation is 1. The highest BCUT2D eigenvalue weighted by Gasteiger charge is 2.27. The lowest BCUT2D eigenvalue weighted by Gasteiger charge is -2.32. The predicted molar refractivity (Wildman–Crippen MR) is 91.2 cm³/mol. The second-order valence-corrected chi connectivity index (χ2v) is 6.33. The van der Waals surface area contributed by atoms with E-state index in [2.05, 4.69) is 17.1 Å². The third-order valence-electron chi connectivity index (χ3n) is 4.30. The van der Waals surface area contributed by atoms with Gasteiger partial charge in [0.25, 0.3) is 5.91 Å². The number of carbonyl (C=O) groups excluding carboxylic acids is 1. The summed E-state index contributed by atoms with van der Waals surface area (Å²) in [5.74, 6) is 1.85. The maximum Gasteiger partial charge on any atom is 0.260 e. The van der Waals surface area contributed by atoms with Gasteiger partial charge in [0.1, 0.15) is 17.9 Å². The van der Waals surface area contributed by atoms with E-state index in [0.29, 0.717) is 17.3 Å². The highest BCUT2D eigenvalue weighted by Crippen LogP contribution is 2.25. The number of ether oxygens (including phenoxy) is 1. The van der Waals surface area contributed by atoms with E-state index in [1.54, 1.807) is 30.6 Å². The molecule has 2 heterocycles. The molecule has 128 valence electrons. The maximum absolute atomic E-state index is 12.4. The first kappa shape index (κ1) is 16.8. The van der Waals surface area contributed by atoms with E-state index in [4.69, 9.17) is 16.3 Å². The fourth-order valence-electron chi connectivity index (χ4n) is 3.01. The Morgan fingerprint density at radius 3 is 2.92 bits per heavy atom. The number of nitrogens with zero attached hydrogens (tertiary/aromatic N) is 4. The lowest BCUT2D eigenvalue weighted by molar-refractivity contribution is -0.134. The molecule has 7 heteroatoms. The topological polar surface area (TPSA) is 60.2 Å². The van der Waals surface area contributed by atoms with Crippen LogP contribution in [0.25, 0.3) is 0 Å². The highest BCUT2D eigenvalue weighted by atomic mass is 35.5. The fourth-order valence-corrected chi connectivity index (χ4v) is 3.13. The summed E-state index contributed by atoms with van der Waals surface area (Å²) >= 11 is 5.84. The van der Waals surface area contributed by atoms with Crippen LogP contribution in [0.4, 0.5) is 0 Å². The zero-order chi connectivity index (χ0) is 16.9. The molecule has 0 bridgehead atoms. The van der Waals surface area contributed by atoms with Crippen molar-refractivity contribution in [2.75, 3.05) is 19.7 Å². The molecule has 1 aromatic carbocycles. The van der Waals surface area contributed by atoms with Gasteiger partial charge in [0.15, 0.2) is 6.61 Å². The van der Waals surface area contributed by atoms with Gasteiger partial charge in [0.05, 0.1) is 0 Å². The third kappa shape index (κ3) is 3.87. The number of piperidine rings is 1. The predicted octanol–water partition coefficient (Wildman–Crippen LogP) is 2.74. The van der Waals surface area contributed by atoms with Crippen LogP contribution in [0.15, 0.2) is 30.6 Å². The van der Waals surface area contributed by atoms with Gasteiger partial charge in [-0.05, 0) is 44.0 Å². The molecule has 1 saturated heterocycles. The van der Waals surface area contributed by atoms with E-state index in [1.807, 2.05) is 9.47 Å². The average molecular weight is 349 g/mol. The van der Waals surface area contributed by atoms with Crippen LogP contribution < -0.4 is 4.74 Å². The number of amides is 1. The molecule has 0 N–H and O–H groups in total. The molecule has 3 rings (SSSR count). The number of rotatable bonds is 5. The summed E-state index contributed by atoms with van der Waals surface area (Å²) in [6.07, 6.45) is 3.74. The summed E-state index contributed by atoms with van der Waals surface area (Å²) in [6, 6.07) is 7.02. The number of likely N-dealkylation sites (tertiary alicyclic amines) is 1. The Hall–Kier alpha value is -2.08. The van der Waals surface area contributed by atoms with E-state index in [9.17, 15) is 4.79 Å². The van der Waals surface area contributed by atoms with Gasteiger partial charge in [0, 0.05) is 30.6 Å². The molecule has 1 atom stereocenters. The molecule has 0 spiro atoms. The maximum atomic E-state index is 12.4. The first-order valence-electron chi connectivity index (χ1n) is 8.21. The highest BCUT2D eigenvalue weighted by molar-refractivity contribution is 6.30. The Balaban J connectivity index is 1.58. The van der Waals surface area contributed by atoms with Gasteiger partial charge >= 0.3 is 0 Å². The van der Waals surface area contributed by atoms with Crippen molar-refractivity contribution in [3.63, 3.8) is 0 Å². The molecule has 1 fully saturated rings. The molecule has 1 aliphatic rings. The largest absolute Gasteiger partial charge is 0.484 e. The quantitative estimate of drug-likeness (QED) is 0.833. The van der Waals surface area contributed by atoms with Gasteiger partial charge in [-0.3, -0.25) is 4.79 Å². The van der Waals surface area contributed by atoms with Crippen LogP contribution in [0.2, 0.25) is 5.02 Å². The lowest BCUT2D eigenvalue weighted by atomic mass is 9.97. The standard InChI is InChI=1S/C17H21ClN4O2/c1-2-21-12-19-20-17(21)13-4-3-9-22(10-13)16(23)11-24-15-7-5-14(18)6-8-15/h5-8,12-13H,2-4,9-11H2,1H3/t13-/m0/s1. The van der Waals surface area contributed by atoms with Crippen LogP contribution in [0.3, 0.4) is 0 Å². The number of carbonyl (C=O) groups is 1. The molecule has 0 unspecified atom stereocenters. The molecular formula is C17H21ClN4O2. The third-order valence-corrected chi connectivity index (χ3v) is 4.55. The van der Waals surface area contributed by atoms with Crippen LogP contribution in [-0.2, 0) is 11.3 Å². The van der Waals surface area contributed by atoms with Crippen molar-refractivity contribution in [3.8, 4) is 5.75 Å². The van der Waals surface area contributed by atoms with Gasteiger partial charge in [-0.25, -0.2) is 0 Å². The minimum atomic E-state index is -0.00258. The van der Waals surface area contributed by atoms with Crippen molar-refractivity contribution in [1.82, 2.24) is 19.7 Å². The van der Waals surface area contributed by atoms with Gasteiger partial charge in [-0.15, -0.1) is 10.2 Å². The van der Waals surface area contributed by atoms with Crippen LogP contribution in [-0.4, -0.2) is 45.3 Å². The number of benzene rings is 1. The van der Waals surface area contributed by atoms with Crippen molar-refractivity contribution < 1.29 is 9.53 Å². The van der Waals surface area contributed by atoms with Crippen LogP contribution in [0, 0.1) is 0 Å². The van der Waals surface area contributed by atoms with Gasteiger partial charge in [-0.2, -0.15) is 0 Å². The van der Waals surface area contributed by atoms with E-state index in [0.717, 1.165) is 31.8 Å². The van der Waals surface area contributed by atoms with Crippen molar-refractivity contribution >= 4 is 17.5 Å². The summed E-state index contributed by atoms with van der Waals surface area (Å²) in [5.41, 5.74) is 0. The summed E-state index contributed by atoms with van der Waals surface area (Å²) in [4.78, 5) is 14.3. The van der Waals surface area contributed by atoms with E-state index in [1.165, 1.54) is 0 Å². The molecule has 1 aromatic heterocycles. The van der Waals surface area contributed by atoms with Gasteiger partial charge in [-0.1, -0.05) is 11.6 Å². The molecule has 0 aliphatic carbocycles. The summed E-state index contributed by atoms with van der Waals surface area (Å²) in [5, 5.41) is 8.88. The molecule has 2 aromatic rings. The van der Waals surface area contributed by atoms with Crippen LogP contribution in [0.1, 0.15) is 31.5 Å². The number of aromatic nitrogens is 3. The molecule has 6 nitrogen and oxygen atoms in total. The number of hydrogen-bond acceptors (Lipinski definition) is 4. The summed E-state index contributed by atoms with van der Waals surface area (Å²) < 4.78 is 7.61. The number of hydrogen-bond donors (Lipinski definition) is 0. The van der Waals surface area contributed by atoms with E-state index in [-0.39, 0.29) is 18.4 Å². The fraction of sp³-hybridized carbons (Fsp3) is 0.471. The minimum Gasteiger partial charge on any atom is -0.484 e. The molecule has 0 radical (unpaired) electrons. The SMILES string of the molecule is CCn1cnnc1[C@H]1CCCN(C(=O)COc2ccc(Cl)cc2)C1. The van der Waals surface area contributed by atoms with Crippen molar-refractivity contribution in [1.29, 1.82) is 0 Å². The smallest absolute Gasteiger partial charge is 0.260 e. The normalized spacial score (nSPS) is 17.8. The summed E-state index contributed by atoms with van der Waals surface area (Å²) in [7, 11) is 0. The Labute approximate surface area is 146 Å². The van der Waals surface area contributed by atoms with Gasteiger partial charge in [0.2, 0.25) is 0 Å². The Kier molecular flexibility index (Phi) is 5.35. The zero-order valence-corrected chi connectivity index (χ0v) is 14.4. The van der Waals surface area contributed by atoms with Crippen molar-refractivity contribution in [2.45, 2.75) is 32.2 Å². The lowest BCUT2D eigenvalue weighted by Crippen LogP contribution is -2.42. The number of halogens is 1.